The molecule has 0 atom stereocenters. The van der Waals surface area contributed by atoms with Crippen LogP contribution in [0.15, 0.2) is 0 Å². The van der Waals surface area contributed by atoms with Crippen LogP contribution < -0.4 is 0 Å². The van der Waals surface area contributed by atoms with Crippen molar-refractivity contribution in [3.05, 3.63) is 10.8 Å². The summed E-state index contributed by atoms with van der Waals surface area (Å²) in [6, 6.07) is 0. The Morgan fingerprint density at radius 2 is 0.500 bits per heavy atom. The molecule has 0 amide bonds. The van der Waals surface area contributed by atoms with E-state index in [9.17, 15) is 0 Å². The van der Waals surface area contributed by atoms with Crippen molar-refractivity contribution in [1.82, 2.24) is 0 Å². The van der Waals surface area contributed by atoms with Gasteiger partial charge in [-0.25, -0.2) is 0 Å². The van der Waals surface area contributed by atoms with Gasteiger partial charge < -0.3 is 10.8 Å². The van der Waals surface area contributed by atoms with E-state index < -0.39 is 0 Å². The van der Waals surface area contributed by atoms with Gasteiger partial charge in [0.15, 0.2) is 0 Å². The molecule has 2 fully saturated rings. The van der Waals surface area contributed by atoms with Crippen LogP contribution in [-0.2, 0) is 9.59 Å². The lowest BCUT2D eigenvalue weighted by atomic mass is 10.0. The molecule has 0 aromatic heterocycles. The van der Waals surface area contributed by atoms with Crippen LogP contribution in [0.1, 0.15) is 91.9 Å². The Morgan fingerprint density at radius 3 is 0.550 bits per heavy atom. The number of hydrogen-bond donors (Lipinski definition) is 0. The van der Waals surface area contributed by atoms with Gasteiger partial charge in [0, 0.05) is 0 Å². The van der Waals surface area contributed by atoms with E-state index in [0.717, 1.165) is 0 Å². The number of carbonyl (C=O) groups excluding carboxylic acids is 2. The van der Waals surface area contributed by atoms with E-state index in [1.807, 2.05) is 0 Å². The monoisotopic (exact) mass is 284 g/mol. The Labute approximate surface area is 125 Å². The fourth-order valence-corrected chi connectivity index (χ4v) is 2.12. The van der Waals surface area contributed by atoms with Crippen LogP contribution in [0.3, 0.4) is 0 Å². The van der Waals surface area contributed by atoms with Crippen molar-refractivity contribution in [2.75, 3.05) is 0 Å². The summed E-state index contributed by atoms with van der Waals surface area (Å²) in [6.45, 7) is 0. The van der Waals surface area contributed by atoms with Crippen molar-refractivity contribution < 1.29 is 9.59 Å². The maximum absolute atomic E-state index is 8.24. The Bertz CT molecular complexity index is 163. The minimum atomic E-state index is 0. The molecule has 2 rings (SSSR count). The molecular weight excluding hydrogens is 252 g/mol. The van der Waals surface area contributed by atoms with Gasteiger partial charge >= 0.3 is 0 Å². The summed E-state index contributed by atoms with van der Waals surface area (Å²) < 4.78 is 0. The summed E-state index contributed by atoms with van der Waals surface area (Å²) in [5.74, 6) is 0. The Kier molecular flexibility index (Phi) is 41.6. The lowest BCUT2D eigenvalue weighted by Gasteiger charge is -2.05. The molecule has 0 unspecified atom stereocenters. The van der Waals surface area contributed by atoms with Gasteiger partial charge in [-0.1, -0.05) is 91.9 Å². The highest BCUT2D eigenvalue weighted by molar-refractivity contribution is 5.37. The summed E-state index contributed by atoms with van der Waals surface area (Å²) in [5, 5.41) is 13.5. The Hall–Kier alpha value is -1.24. The number of hydrogen-bond acceptors (Lipinski definition) is 2. The second kappa shape index (κ2) is 30.6. The largest absolute Gasteiger partial charge is 0.724 e. The van der Waals surface area contributed by atoms with E-state index in [2.05, 4.69) is 0 Å². The normalized spacial score (nSPS) is 15.2. The minimum absolute atomic E-state index is 0. The second-order valence-electron chi connectivity index (χ2n) is 4.43. The van der Waals surface area contributed by atoms with E-state index in [-0.39, 0.29) is 14.9 Å². The molecule has 0 aromatic rings. The number of rotatable bonds is 0. The van der Waals surface area contributed by atoms with Crippen LogP contribution >= 0.6 is 0 Å². The average Bonchev–Trinajstić information content (AvgIpc) is 2.45. The SMILES string of the molecule is C.C.C1CCCCC1.C1CCCCC1.[N-]=C=O.[N-]=C=O. The molecule has 0 aliphatic heterocycles. The van der Waals surface area contributed by atoms with Crippen molar-refractivity contribution in [1.29, 1.82) is 0 Å². The van der Waals surface area contributed by atoms with Gasteiger partial charge in [0.25, 0.3) is 0 Å². The van der Waals surface area contributed by atoms with Crippen LogP contribution in [0.4, 0.5) is 0 Å². The van der Waals surface area contributed by atoms with Gasteiger partial charge in [0.05, 0.1) is 0 Å². The molecule has 0 bridgehead atoms. The maximum atomic E-state index is 8.24. The van der Waals surface area contributed by atoms with Crippen LogP contribution in [0.25, 0.3) is 10.8 Å². The van der Waals surface area contributed by atoms with Gasteiger partial charge in [0.2, 0.25) is 0 Å². The molecule has 0 saturated heterocycles. The summed E-state index contributed by atoms with van der Waals surface area (Å²) in [7, 11) is 0. The van der Waals surface area contributed by atoms with Crippen LogP contribution in [0.2, 0.25) is 0 Å². The zero-order valence-electron chi connectivity index (χ0n) is 11.2. The highest BCUT2D eigenvalue weighted by Crippen LogP contribution is 2.15. The molecule has 0 N–H and O–H groups in total. The third-order valence-corrected chi connectivity index (χ3v) is 3.00. The topological polar surface area (TPSA) is 78.7 Å². The molecule has 120 valence electrons. The van der Waals surface area contributed by atoms with Gasteiger partial charge in [-0.15, -0.1) is 0 Å². The molecule has 4 heteroatoms. The van der Waals surface area contributed by atoms with Crippen LogP contribution in [-0.4, -0.2) is 12.2 Å². The van der Waals surface area contributed by atoms with Crippen molar-refractivity contribution >= 4 is 12.2 Å². The first-order valence-corrected chi connectivity index (χ1v) is 6.86. The lowest BCUT2D eigenvalue weighted by molar-refractivity contribution is 0.504. The molecule has 2 saturated carbocycles. The highest BCUT2D eigenvalue weighted by atomic mass is 16.1. The average molecular weight is 284 g/mol. The zero-order chi connectivity index (χ0) is 13.9. The molecule has 0 heterocycles. The zero-order valence-corrected chi connectivity index (χ0v) is 11.2. The second-order valence-corrected chi connectivity index (χ2v) is 4.43. The van der Waals surface area contributed by atoms with Crippen molar-refractivity contribution in [3.63, 3.8) is 0 Å². The molecule has 2 aliphatic carbocycles. The van der Waals surface area contributed by atoms with Gasteiger partial charge in [-0.2, -0.15) is 0 Å². The lowest BCUT2D eigenvalue weighted by Crippen LogP contribution is -1.85. The van der Waals surface area contributed by atoms with Gasteiger partial charge in [-0.05, 0) is 12.2 Å². The Morgan fingerprint density at radius 1 is 0.450 bits per heavy atom. The molecule has 0 radical (unpaired) electrons. The molecule has 4 nitrogen and oxygen atoms in total. The summed E-state index contributed by atoms with van der Waals surface area (Å²) in [4.78, 5) is 16.5. The van der Waals surface area contributed by atoms with Gasteiger partial charge in [0.1, 0.15) is 0 Å². The predicted octanol–water partition coefficient (Wildman–Crippen LogP) is 5.74. The van der Waals surface area contributed by atoms with Gasteiger partial charge in [-0.3, -0.25) is 9.59 Å². The van der Waals surface area contributed by atoms with E-state index in [1.54, 1.807) is 0 Å². The number of isocyanates is 2. The smallest absolute Gasteiger partial charge is 0.0159 e. The first kappa shape index (κ1) is 27.2. The van der Waals surface area contributed by atoms with E-state index >= 15 is 0 Å². The number of nitrogens with zero attached hydrogens (tertiary/aromatic N) is 2. The molecule has 0 aromatic carbocycles. The van der Waals surface area contributed by atoms with E-state index in [1.165, 1.54) is 77.0 Å². The fraction of sp³-hybridized carbons (Fsp3) is 0.875. The molecule has 0 spiro atoms. The van der Waals surface area contributed by atoms with E-state index in [4.69, 9.17) is 20.4 Å². The third-order valence-electron chi connectivity index (χ3n) is 3.00. The van der Waals surface area contributed by atoms with Crippen molar-refractivity contribution in [2.45, 2.75) is 91.9 Å². The van der Waals surface area contributed by atoms with Crippen molar-refractivity contribution in [2.24, 2.45) is 0 Å². The first-order chi connectivity index (χ1) is 8.83. The summed E-state index contributed by atoms with van der Waals surface area (Å²) in [6.07, 6.45) is 19.0. The highest BCUT2D eigenvalue weighted by Gasteiger charge is 1.96. The van der Waals surface area contributed by atoms with Crippen molar-refractivity contribution in [3.8, 4) is 0 Å². The summed E-state index contributed by atoms with van der Waals surface area (Å²) in [5.41, 5.74) is 0. The molecule has 2 aliphatic rings. The quantitative estimate of drug-likeness (QED) is 0.420. The third kappa shape index (κ3) is 36.0. The van der Waals surface area contributed by atoms with E-state index in [0.29, 0.717) is 12.2 Å². The predicted molar refractivity (Wildman–Crippen MR) is 87.0 cm³/mol. The van der Waals surface area contributed by atoms with Crippen LogP contribution in [0.5, 0.6) is 0 Å². The molecular formula is C16H32N2O2-2. The molecule has 20 heavy (non-hydrogen) atoms. The Balaban J connectivity index is -0.0000000874. The first-order valence-electron chi connectivity index (χ1n) is 6.86. The maximum Gasteiger partial charge on any atom is -0.0159 e. The van der Waals surface area contributed by atoms with Crippen LogP contribution in [0, 0.1) is 0 Å². The minimum Gasteiger partial charge on any atom is -0.724 e. The summed E-state index contributed by atoms with van der Waals surface area (Å²) >= 11 is 0. The standard InChI is InChI=1S/2C6H12.2CNO.2CH4/c2*1-2-4-6-5-3-1;2*2-1-3;;/h2*1-6H2;;;2*1H4/q;;2*-1;;. The fourth-order valence-electron chi connectivity index (χ4n) is 2.12.